The van der Waals surface area contributed by atoms with Crippen LogP contribution in [0.2, 0.25) is 0 Å². The Morgan fingerprint density at radius 2 is 1.87 bits per heavy atom. The van der Waals surface area contributed by atoms with Crippen molar-refractivity contribution in [2.75, 3.05) is 11.4 Å². The molecule has 0 bridgehead atoms. The van der Waals surface area contributed by atoms with Gasteiger partial charge in [-0.3, -0.25) is 30.0 Å². The maximum atomic E-state index is 14.2. The second-order valence-electron chi connectivity index (χ2n) is 7.25. The average Bonchev–Trinajstić information content (AvgIpc) is 3.14. The SMILES string of the molecule is Cc1ccc(N2CC(C(=O)NNC(=O)c3n[nH]c(=O)c4ccccc34)CC2=O)c(F)c1. The highest BCUT2D eigenvalue weighted by atomic mass is 19.1. The number of carbonyl (C=O) groups excluding carboxylic acids is 3. The quantitative estimate of drug-likeness (QED) is 0.546. The number of nitrogens with zero attached hydrogens (tertiary/aromatic N) is 2. The van der Waals surface area contributed by atoms with Crippen LogP contribution in [-0.4, -0.2) is 34.5 Å². The first-order valence-corrected chi connectivity index (χ1v) is 9.49. The summed E-state index contributed by atoms with van der Waals surface area (Å²) in [5.74, 6) is -3.02. The molecule has 2 heterocycles. The van der Waals surface area contributed by atoms with E-state index in [4.69, 9.17) is 0 Å². The summed E-state index contributed by atoms with van der Waals surface area (Å²) < 4.78 is 14.2. The predicted molar refractivity (Wildman–Crippen MR) is 110 cm³/mol. The van der Waals surface area contributed by atoms with Gasteiger partial charge >= 0.3 is 0 Å². The van der Waals surface area contributed by atoms with Crippen molar-refractivity contribution in [1.29, 1.82) is 0 Å². The molecule has 1 aromatic heterocycles. The van der Waals surface area contributed by atoms with Gasteiger partial charge < -0.3 is 4.90 Å². The number of hydrogen-bond donors (Lipinski definition) is 3. The third-order valence-corrected chi connectivity index (χ3v) is 5.10. The molecule has 3 aromatic rings. The van der Waals surface area contributed by atoms with Crippen LogP contribution in [0.1, 0.15) is 22.5 Å². The zero-order valence-corrected chi connectivity index (χ0v) is 16.4. The molecule has 1 unspecified atom stereocenters. The van der Waals surface area contributed by atoms with Crippen molar-refractivity contribution >= 4 is 34.2 Å². The van der Waals surface area contributed by atoms with Crippen LogP contribution < -0.4 is 21.3 Å². The zero-order valence-electron chi connectivity index (χ0n) is 16.4. The fourth-order valence-electron chi connectivity index (χ4n) is 3.51. The van der Waals surface area contributed by atoms with Crippen LogP contribution in [0.5, 0.6) is 0 Å². The van der Waals surface area contributed by atoms with Crippen molar-refractivity contribution in [3.63, 3.8) is 0 Å². The van der Waals surface area contributed by atoms with Gasteiger partial charge in [0.25, 0.3) is 11.5 Å². The molecule has 1 saturated heterocycles. The Morgan fingerprint density at radius 3 is 2.61 bits per heavy atom. The largest absolute Gasteiger partial charge is 0.309 e. The second-order valence-corrected chi connectivity index (χ2v) is 7.25. The molecule has 3 amide bonds. The van der Waals surface area contributed by atoms with Gasteiger partial charge in [-0.25, -0.2) is 9.49 Å². The van der Waals surface area contributed by atoms with E-state index in [0.29, 0.717) is 10.9 Å². The molecule has 3 N–H and O–H groups in total. The van der Waals surface area contributed by atoms with E-state index < -0.39 is 29.1 Å². The maximum Gasteiger partial charge on any atom is 0.290 e. The van der Waals surface area contributed by atoms with Gasteiger partial charge in [0.15, 0.2) is 5.69 Å². The highest BCUT2D eigenvalue weighted by Crippen LogP contribution is 2.28. The van der Waals surface area contributed by atoms with Crippen LogP contribution in [0.15, 0.2) is 47.3 Å². The highest BCUT2D eigenvalue weighted by Gasteiger charge is 2.36. The Kier molecular flexibility index (Phi) is 5.20. The Labute approximate surface area is 175 Å². The lowest BCUT2D eigenvalue weighted by molar-refractivity contribution is -0.126. The number of carbonyl (C=O) groups is 3. The number of nitrogens with one attached hydrogen (secondary N) is 3. The molecule has 2 aromatic carbocycles. The molecule has 0 aliphatic carbocycles. The van der Waals surface area contributed by atoms with Crippen molar-refractivity contribution in [1.82, 2.24) is 21.0 Å². The van der Waals surface area contributed by atoms with Crippen LogP contribution in [0.25, 0.3) is 10.8 Å². The molecule has 0 spiro atoms. The number of halogens is 1. The topological polar surface area (TPSA) is 124 Å². The number of aromatic amines is 1. The second kappa shape index (κ2) is 7.98. The predicted octanol–water partition coefficient (Wildman–Crippen LogP) is 1.18. The van der Waals surface area contributed by atoms with E-state index >= 15 is 0 Å². The number of amides is 3. The van der Waals surface area contributed by atoms with E-state index in [1.165, 1.54) is 17.0 Å². The Morgan fingerprint density at radius 1 is 1.13 bits per heavy atom. The summed E-state index contributed by atoms with van der Waals surface area (Å²) in [6.45, 7) is 1.72. The molecule has 1 fully saturated rings. The van der Waals surface area contributed by atoms with E-state index in [9.17, 15) is 23.6 Å². The molecule has 1 aliphatic rings. The van der Waals surface area contributed by atoms with Crippen molar-refractivity contribution in [3.05, 3.63) is 69.9 Å². The molecule has 158 valence electrons. The summed E-state index contributed by atoms with van der Waals surface area (Å²) >= 11 is 0. The van der Waals surface area contributed by atoms with E-state index in [-0.39, 0.29) is 35.6 Å². The fourth-order valence-corrected chi connectivity index (χ4v) is 3.51. The first-order valence-electron chi connectivity index (χ1n) is 9.49. The summed E-state index contributed by atoms with van der Waals surface area (Å²) in [5, 5.41) is 6.61. The number of benzene rings is 2. The molecular formula is C21H18FN5O4. The van der Waals surface area contributed by atoms with Gasteiger partial charge in [0.2, 0.25) is 11.8 Å². The molecular weight excluding hydrogens is 405 g/mol. The monoisotopic (exact) mass is 423 g/mol. The Bertz CT molecular complexity index is 1270. The van der Waals surface area contributed by atoms with Gasteiger partial charge in [0.05, 0.1) is 17.0 Å². The summed E-state index contributed by atoms with van der Waals surface area (Å²) in [6.07, 6.45) is -0.116. The van der Waals surface area contributed by atoms with Crippen LogP contribution in [-0.2, 0) is 9.59 Å². The highest BCUT2D eigenvalue weighted by molar-refractivity contribution is 6.05. The first kappa shape index (κ1) is 20.2. The zero-order chi connectivity index (χ0) is 22.1. The number of H-pyrrole nitrogens is 1. The van der Waals surface area contributed by atoms with Gasteiger partial charge in [-0.15, -0.1) is 0 Å². The van der Waals surface area contributed by atoms with Gasteiger partial charge in [-0.05, 0) is 30.7 Å². The van der Waals surface area contributed by atoms with Crippen molar-refractivity contribution in [2.45, 2.75) is 13.3 Å². The molecule has 4 rings (SSSR count). The standard InChI is InChI=1S/C21H18FN5O4/c1-11-6-7-16(15(22)8-11)27-10-12(9-17(27)28)19(29)24-26-21(31)18-13-4-2-3-5-14(13)20(30)25-23-18/h2-8,12H,9-10H2,1H3,(H,24,29)(H,25,30)(H,26,31). The molecule has 9 nitrogen and oxygen atoms in total. The van der Waals surface area contributed by atoms with Crippen molar-refractivity contribution in [2.24, 2.45) is 5.92 Å². The lowest BCUT2D eigenvalue weighted by Gasteiger charge is -2.18. The number of rotatable bonds is 3. The first-order chi connectivity index (χ1) is 14.8. The summed E-state index contributed by atoms with van der Waals surface area (Å²) in [4.78, 5) is 50.3. The van der Waals surface area contributed by atoms with E-state index in [1.54, 1.807) is 37.3 Å². The lowest BCUT2D eigenvalue weighted by Crippen LogP contribution is -2.45. The summed E-state index contributed by atoms with van der Waals surface area (Å²) in [5.41, 5.74) is 4.84. The minimum absolute atomic E-state index is 0.0135. The summed E-state index contributed by atoms with van der Waals surface area (Å²) in [7, 11) is 0. The van der Waals surface area contributed by atoms with Gasteiger partial charge in [0.1, 0.15) is 5.82 Å². The molecule has 0 radical (unpaired) electrons. The van der Waals surface area contributed by atoms with Crippen molar-refractivity contribution in [3.8, 4) is 0 Å². The van der Waals surface area contributed by atoms with Crippen LogP contribution >= 0.6 is 0 Å². The molecule has 0 saturated carbocycles. The lowest BCUT2D eigenvalue weighted by atomic mass is 10.1. The van der Waals surface area contributed by atoms with Crippen LogP contribution in [0, 0.1) is 18.7 Å². The molecule has 1 aliphatic heterocycles. The third-order valence-electron chi connectivity index (χ3n) is 5.10. The van der Waals surface area contributed by atoms with Crippen LogP contribution in [0.4, 0.5) is 10.1 Å². The number of fused-ring (bicyclic) bond motifs is 1. The molecule has 31 heavy (non-hydrogen) atoms. The molecule has 1 atom stereocenters. The van der Waals surface area contributed by atoms with Crippen LogP contribution in [0.3, 0.4) is 0 Å². The van der Waals surface area contributed by atoms with Gasteiger partial charge in [0, 0.05) is 18.4 Å². The maximum absolute atomic E-state index is 14.2. The number of anilines is 1. The van der Waals surface area contributed by atoms with Gasteiger partial charge in [-0.2, -0.15) is 5.10 Å². The van der Waals surface area contributed by atoms with E-state index in [2.05, 4.69) is 21.0 Å². The summed E-state index contributed by atoms with van der Waals surface area (Å²) in [6, 6.07) is 10.9. The average molecular weight is 423 g/mol. The van der Waals surface area contributed by atoms with Gasteiger partial charge in [-0.1, -0.05) is 24.3 Å². The molecule has 10 heteroatoms. The number of aryl methyl sites for hydroxylation is 1. The minimum atomic E-state index is -0.770. The Balaban J connectivity index is 1.44. The normalized spacial score (nSPS) is 15.9. The Hall–Kier alpha value is -4.08. The fraction of sp³-hybridized carbons (Fsp3) is 0.190. The van der Waals surface area contributed by atoms with E-state index in [0.717, 1.165) is 0 Å². The minimum Gasteiger partial charge on any atom is -0.309 e. The van der Waals surface area contributed by atoms with E-state index in [1.807, 2.05) is 0 Å². The number of hydrazine groups is 1. The number of aromatic nitrogens is 2. The third kappa shape index (κ3) is 3.87. The smallest absolute Gasteiger partial charge is 0.290 e. The number of hydrogen-bond acceptors (Lipinski definition) is 5. The van der Waals surface area contributed by atoms with Crippen molar-refractivity contribution < 1.29 is 18.8 Å².